The third-order valence-corrected chi connectivity index (χ3v) is 6.38. The molecule has 4 aromatic rings. The summed E-state index contributed by atoms with van der Waals surface area (Å²) < 4.78 is 13.1. The van der Waals surface area contributed by atoms with E-state index in [1.54, 1.807) is 12.1 Å². The minimum Gasteiger partial charge on any atom is -0.326 e. The van der Waals surface area contributed by atoms with Crippen LogP contribution in [0.25, 0.3) is 11.3 Å². The predicted molar refractivity (Wildman–Crippen MR) is 132 cm³/mol. The van der Waals surface area contributed by atoms with Crippen molar-refractivity contribution in [2.45, 2.75) is 11.3 Å². The Bertz CT molecular complexity index is 1230. The van der Waals surface area contributed by atoms with E-state index in [0.717, 1.165) is 16.0 Å². The van der Waals surface area contributed by atoms with Gasteiger partial charge >= 0.3 is 0 Å². The Morgan fingerprint density at radius 1 is 0.879 bits per heavy atom. The van der Waals surface area contributed by atoms with Gasteiger partial charge in [-0.25, -0.2) is 9.37 Å². The van der Waals surface area contributed by atoms with Crippen LogP contribution in [0.1, 0.15) is 5.56 Å². The van der Waals surface area contributed by atoms with E-state index >= 15 is 0 Å². The molecule has 0 unspecified atom stereocenters. The smallest absolute Gasteiger partial charge is 0.236 e. The van der Waals surface area contributed by atoms with E-state index in [0.29, 0.717) is 22.9 Å². The number of rotatable bonds is 8. The number of aromatic nitrogens is 1. The van der Waals surface area contributed by atoms with E-state index in [2.05, 4.69) is 15.6 Å². The summed E-state index contributed by atoms with van der Waals surface area (Å²) in [7, 11) is 0. The second-order valence-corrected chi connectivity index (χ2v) is 9.02. The van der Waals surface area contributed by atoms with Crippen molar-refractivity contribution in [2.75, 3.05) is 16.4 Å². The van der Waals surface area contributed by atoms with Crippen LogP contribution in [0.15, 0.2) is 89.1 Å². The fourth-order valence-electron chi connectivity index (χ4n) is 3.01. The van der Waals surface area contributed by atoms with Crippen molar-refractivity contribution in [2.24, 2.45) is 0 Å². The molecular weight excluding hydrogens is 457 g/mol. The average molecular weight is 478 g/mol. The molecule has 8 heteroatoms. The van der Waals surface area contributed by atoms with Gasteiger partial charge in [0.25, 0.3) is 0 Å². The lowest BCUT2D eigenvalue weighted by Gasteiger charge is -2.07. The van der Waals surface area contributed by atoms with Crippen LogP contribution < -0.4 is 10.6 Å². The van der Waals surface area contributed by atoms with Crippen molar-refractivity contribution in [1.82, 2.24) is 4.98 Å². The summed E-state index contributed by atoms with van der Waals surface area (Å²) in [6.45, 7) is 0. The van der Waals surface area contributed by atoms with E-state index in [1.807, 2.05) is 60.0 Å². The molecule has 2 N–H and O–H groups in total. The van der Waals surface area contributed by atoms with Crippen molar-refractivity contribution >= 4 is 45.7 Å². The summed E-state index contributed by atoms with van der Waals surface area (Å²) >= 11 is 2.71. The minimum absolute atomic E-state index is 0.0792. The van der Waals surface area contributed by atoms with Gasteiger partial charge in [0.1, 0.15) is 5.82 Å². The lowest BCUT2D eigenvalue weighted by atomic mass is 10.1. The summed E-state index contributed by atoms with van der Waals surface area (Å²) in [5.74, 6) is -0.322. The van der Waals surface area contributed by atoms with Crippen LogP contribution in [0, 0.1) is 5.82 Å². The molecule has 0 saturated carbocycles. The van der Waals surface area contributed by atoms with Gasteiger partial charge in [-0.3, -0.25) is 9.59 Å². The van der Waals surface area contributed by atoms with Gasteiger partial charge in [0.15, 0.2) is 5.13 Å². The monoisotopic (exact) mass is 477 g/mol. The van der Waals surface area contributed by atoms with Crippen molar-refractivity contribution in [1.29, 1.82) is 0 Å². The van der Waals surface area contributed by atoms with Crippen molar-refractivity contribution < 1.29 is 14.0 Å². The highest BCUT2D eigenvalue weighted by molar-refractivity contribution is 8.00. The first kappa shape index (κ1) is 22.7. The first-order valence-electron chi connectivity index (χ1n) is 10.1. The minimum atomic E-state index is -0.304. The summed E-state index contributed by atoms with van der Waals surface area (Å²) in [5, 5.41) is 7.99. The zero-order chi connectivity index (χ0) is 23.0. The van der Waals surface area contributed by atoms with E-state index < -0.39 is 0 Å². The van der Waals surface area contributed by atoms with E-state index in [9.17, 15) is 14.0 Å². The largest absolute Gasteiger partial charge is 0.326 e. The number of thiazole rings is 1. The molecule has 2 amide bonds. The molecule has 3 aromatic carbocycles. The number of thioether (sulfide) groups is 1. The molecule has 0 radical (unpaired) electrons. The molecule has 0 aliphatic rings. The van der Waals surface area contributed by atoms with Gasteiger partial charge in [-0.05, 0) is 54.1 Å². The molecule has 0 aliphatic heterocycles. The maximum atomic E-state index is 13.1. The van der Waals surface area contributed by atoms with Crippen LogP contribution in [-0.4, -0.2) is 22.6 Å². The molecule has 0 aliphatic carbocycles. The second kappa shape index (κ2) is 10.9. The molecule has 0 bridgehead atoms. The van der Waals surface area contributed by atoms with Gasteiger partial charge in [-0.2, -0.15) is 0 Å². The van der Waals surface area contributed by atoms with E-state index in [4.69, 9.17) is 0 Å². The molecule has 166 valence electrons. The Balaban J connectivity index is 1.24. The summed E-state index contributed by atoms with van der Waals surface area (Å²) in [6.07, 6.45) is 0.317. The predicted octanol–water partition coefficient (Wildman–Crippen LogP) is 5.86. The number of nitrogens with zero attached hydrogens (tertiary/aromatic N) is 1. The number of carbonyl (C=O) groups excluding carboxylic acids is 2. The van der Waals surface area contributed by atoms with Gasteiger partial charge in [0.2, 0.25) is 11.8 Å². The molecule has 5 nitrogen and oxygen atoms in total. The number of nitrogens with one attached hydrogen (secondary N) is 2. The van der Waals surface area contributed by atoms with Gasteiger partial charge < -0.3 is 10.6 Å². The zero-order valence-corrected chi connectivity index (χ0v) is 19.1. The third kappa shape index (κ3) is 6.74. The normalized spacial score (nSPS) is 10.6. The fraction of sp³-hybridized carbons (Fsp3) is 0.0800. The molecule has 0 saturated heterocycles. The van der Waals surface area contributed by atoms with Gasteiger partial charge in [-0.1, -0.05) is 30.3 Å². The number of anilines is 2. The first-order chi connectivity index (χ1) is 16.0. The lowest BCUT2D eigenvalue weighted by Crippen LogP contribution is -2.14. The highest BCUT2D eigenvalue weighted by Gasteiger charge is 2.09. The third-order valence-electron chi connectivity index (χ3n) is 4.61. The van der Waals surface area contributed by atoms with Crippen LogP contribution in [0.2, 0.25) is 0 Å². The Labute approximate surface area is 199 Å². The maximum Gasteiger partial charge on any atom is 0.236 e. The Morgan fingerprint density at radius 3 is 2.33 bits per heavy atom. The Hall–Kier alpha value is -3.49. The van der Waals surface area contributed by atoms with Crippen LogP contribution in [0.5, 0.6) is 0 Å². The van der Waals surface area contributed by atoms with Crippen LogP contribution in [0.3, 0.4) is 0 Å². The lowest BCUT2D eigenvalue weighted by molar-refractivity contribution is -0.115. The van der Waals surface area contributed by atoms with Crippen LogP contribution >= 0.6 is 23.1 Å². The SMILES string of the molecule is O=C(Cc1ccccc1)Nc1ccc(SCC(=O)Nc2nc(-c3ccc(F)cc3)cs2)cc1. The standard InChI is InChI=1S/C25H20FN3O2S2/c26-19-8-6-18(7-9-19)22-15-33-25(28-22)29-24(31)16-32-21-12-10-20(11-13-21)27-23(30)14-17-4-2-1-3-5-17/h1-13,15H,14,16H2,(H,27,30)(H,28,29,31). The molecule has 0 spiro atoms. The van der Waals surface area contributed by atoms with E-state index in [1.165, 1.54) is 35.2 Å². The first-order valence-corrected chi connectivity index (χ1v) is 12.0. The zero-order valence-electron chi connectivity index (χ0n) is 17.5. The van der Waals surface area contributed by atoms with Gasteiger partial charge in [0.05, 0.1) is 17.9 Å². The highest BCUT2D eigenvalue weighted by atomic mass is 32.2. The average Bonchev–Trinajstić information content (AvgIpc) is 3.28. The number of hydrogen-bond acceptors (Lipinski definition) is 5. The number of benzene rings is 3. The fourth-order valence-corrected chi connectivity index (χ4v) is 4.44. The quantitative estimate of drug-likeness (QED) is 0.312. The number of halogens is 1. The number of amides is 2. The molecule has 33 heavy (non-hydrogen) atoms. The molecule has 1 heterocycles. The molecule has 4 rings (SSSR count). The van der Waals surface area contributed by atoms with Gasteiger partial charge in [0, 0.05) is 21.5 Å². The maximum absolute atomic E-state index is 13.1. The summed E-state index contributed by atoms with van der Waals surface area (Å²) in [5.41, 5.74) is 3.14. The summed E-state index contributed by atoms with van der Waals surface area (Å²) in [6, 6.07) is 23.0. The second-order valence-electron chi connectivity index (χ2n) is 7.12. The topological polar surface area (TPSA) is 71.1 Å². The Kier molecular flexibility index (Phi) is 7.49. The van der Waals surface area contributed by atoms with Gasteiger partial charge in [-0.15, -0.1) is 23.1 Å². The molecule has 0 fully saturated rings. The van der Waals surface area contributed by atoms with Crippen molar-refractivity contribution in [3.63, 3.8) is 0 Å². The van der Waals surface area contributed by atoms with Crippen molar-refractivity contribution in [3.05, 3.63) is 95.6 Å². The Morgan fingerprint density at radius 2 is 1.61 bits per heavy atom. The van der Waals surface area contributed by atoms with E-state index in [-0.39, 0.29) is 23.4 Å². The summed E-state index contributed by atoms with van der Waals surface area (Å²) in [4.78, 5) is 29.8. The van der Waals surface area contributed by atoms with Crippen LogP contribution in [0.4, 0.5) is 15.2 Å². The highest BCUT2D eigenvalue weighted by Crippen LogP contribution is 2.26. The van der Waals surface area contributed by atoms with Crippen molar-refractivity contribution in [3.8, 4) is 11.3 Å². The molecular formula is C25H20FN3O2S2. The number of hydrogen-bond donors (Lipinski definition) is 2. The molecule has 0 atom stereocenters. The number of carbonyl (C=O) groups is 2. The molecule has 1 aromatic heterocycles. The van der Waals surface area contributed by atoms with Crippen LogP contribution in [-0.2, 0) is 16.0 Å².